The van der Waals surface area contributed by atoms with Crippen LogP contribution in [0.3, 0.4) is 0 Å². The van der Waals surface area contributed by atoms with Crippen LogP contribution in [-0.2, 0) is 0 Å². The van der Waals surface area contributed by atoms with Crippen molar-refractivity contribution in [1.29, 1.82) is 0 Å². The second-order valence-corrected chi connectivity index (χ2v) is 9.87. The molecule has 2 bridgehead atoms. The van der Waals surface area contributed by atoms with Crippen molar-refractivity contribution in [3.8, 4) is 5.75 Å². The fourth-order valence-corrected chi connectivity index (χ4v) is 6.72. The molecule has 0 radical (unpaired) electrons. The number of nitrogens with one attached hydrogen (secondary N) is 2. The number of amides is 1. The van der Waals surface area contributed by atoms with E-state index in [9.17, 15) is 14.9 Å². The molecule has 2 aliphatic carbocycles. The summed E-state index contributed by atoms with van der Waals surface area (Å²) < 4.78 is 5.30. The van der Waals surface area contributed by atoms with Gasteiger partial charge in [-0.3, -0.25) is 14.9 Å². The van der Waals surface area contributed by atoms with Crippen molar-refractivity contribution in [3.05, 3.63) is 93.5 Å². The van der Waals surface area contributed by atoms with E-state index < -0.39 is 4.92 Å². The van der Waals surface area contributed by atoms with E-state index in [1.165, 1.54) is 55.7 Å². The number of fused-ring (bicyclic) bond motifs is 7. The van der Waals surface area contributed by atoms with Crippen molar-refractivity contribution in [2.45, 2.75) is 31.2 Å². The van der Waals surface area contributed by atoms with Crippen LogP contribution in [0.2, 0.25) is 0 Å². The average Bonchev–Trinajstić information content (AvgIpc) is 3.51. The van der Waals surface area contributed by atoms with E-state index in [4.69, 9.17) is 4.74 Å². The summed E-state index contributed by atoms with van der Waals surface area (Å²) >= 11 is 0. The highest BCUT2D eigenvalue weighted by Crippen LogP contribution is 2.63. The number of carbonyl (C=O) groups is 1. The lowest BCUT2D eigenvalue weighted by Gasteiger charge is -2.43. The van der Waals surface area contributed by atoms with Gasteiger partial charge in [-0.25, -0.2) is 0 Å². The lowest BCUT2D eigenvalue weighted by molar-refractivity contribution is -0.384. The number of benzene rings is 3. The van der Waals surface area contributed by atoms with E-state index >= 15 is 0 Å². The van der Waals surface area contributed by atoms with Crippen LogP contribution in [0.25, 0.3) is 0 Å². The minimum absolute atomic E-state index is 0.104. The summed E-state index contributed by atoms with van der Waals surface area (Å²) in [6.07, 6.45) is 3.77. The minimum atomic E-state index is -0.488. The minimum Gasteiger partial charge on any atom is -0.495 e. The molecule has 7 heteroatoms. The number of nitro benzene ring substituents is 1. The van der Waals surface area contributed by atoms with E-state index in [1.807, 2.05) is 18.2 Å². The van der Waals surface area contributed by atoms with E-state index in [1.54, 1.807) is 0 Å². The van der Waals surface area contributed by atoms with Crippen LogP contribution in [0.4, 0.5) is 17.1 Å². The number of carbonyl (C=O) groups excluding carboxylic acids is 1. The Kier molecular flexibility index (Phi) is 5.20. The standard InChI is InChI=1S/C28H27N3O4/c1-35-24-12-10-20(31(33)34)15-23(24)30-28(32)19-9-11-22-21(14-19)25-17-7-8-18(13-17)26(25)27(29-22)16-5-3-2-4-6-16/h2-6,9-12,14-15,17-18,25-27,29H,7-8,13H2,1H3,(H,30,32)/t17-,18-,25-,26+,27+/m0/s1. The highest BCUT2D eigenvalue weighted by atomic mass is 16.6. The molecule has 3 aromatic rings. The van der Waals surface area contributed by atoms with Gasteiger partial charge in [0.25, 0.3) is 11.6 Å². The molecule has 0 unspecified atom stereocenters. The first-order valence-corrected chi connectivity index (χ1v) is 12.1. The Morgan fingerprint density at radius 3 is 2.63 bits per heavy atom. The first-order chi connectivity index (χ1) is 17.0. The van der Waals surface area contributed by atoms with Gasteiger partial charge in [0.2, 0.25) is 0 Å². The molecule has 2 N–H and O–H groups in total. The molecule has 1 heterocycles. The molecule has 3 aliphatic rings. The Morgan fingerprint density at radius 2 is 1.86 bits per heavy atom. The first-order valence-electron chi connectivity index (χ1n) is 12.1. The Bertz CT molecular complexity index is 1310. The summed E-state index contributed by atoms with van der Waals surface area (Å²) in [6.45, 7) is 0. The second kappa shape index (κ2) is 8.41. The third-order valence-corrected chi connectivity index (χ3v) is 8.15. The van der Waals surface area contributed by atoms with Crippen LogP contribution in [0.1, 0.15) is 52.7 Å². The quantitative estimate of drug-likeness (QED) is 0.345. The van der Waals surface area contributed by atoms with Crippen LogP contribution >= 0.6 is 0 Å². The maximum atomic E-state index is 13.2. The normalized spacial score (nSPS) is 25.8. The smallest absolute Gasteiger partial charge is 0.271 e. The predicted octanol–water partition coefficient (Wildman–Crippen LogP) is 6.15. The van der Waals surface area contributed by atoms with Crippen LogP contribution in [0.5, 0.6) is 5.75 Å². The Balaban J connectivity index is 1.33. The molecular weight excluding hydrogens is 442 g/mol. The first kappa shape index (κ1) is 21.6. The molecule has 2 saturated carbocycles. The lowest BCUT2D eigenvalue weighted by atomic mass is 9.68. The van der Waals surface area contributed by atoms with Crippen molar-refractivity contribution >= 4 is 23.0 Å². The molecule has 6 rings (SSSR count). The number of nitro groups is 1. The van der Waals surface area contributed by atoms with Gasteiger partial charge in [0.1, 0.15) is 5.75 Å². The monoisotopic (exact) mass is 469 g/mol. The van der Waals surface area contributed by atoms with E-state index in [0.29, 0.717) is 35.0 Å². The Labute approximate surface area is 203 Å². The van der Waals surface area contributed by atoms with E-state index in [0.717, 1.165) is 5.69 Å². The molecule has 0 spiro atoms. The zero-order chi connectivity index (χ0) is 24.1. The molecular formula is C28H27N3O4. The highest BCUT2D eigenvalue weighted by Gasteiger charge is 2.53. The fourth-order valence-electron chi connectivity index (χ4n) is 6.72. The van der Waals surface area contributed by atoms with Gasteiger partial charge in [0, 0.05) is 23.4 Å². The van der Waals surface area contributed by atoms with Crippen molar-refractivity contribution in [2.75, 3.05) is 17.7 Å². The second-order valence-electron chi connectivity index (χ2n) is 9.87. The molecule has 178 valence electrons. The summed E-state index contributed by atoms with van der Waals surface area (Å²) in [7, 11) is 1.47. The molecule has 35 heavy (non-hydrogen) atoms. The largest absolute Gasteiger partial charge is 0.495 e. The number of hydrogen-bond acceptors (Lipinski definition) is 5. The summed E-state index contributed by atoms with van der Waals surface area (Å²) in [5.41, 5.74) is 4.35. The van der Waals surface area contributed by atoms with Crippen LogP contribution < -0.4 is 15.4 Å². The maximum Gasteiger partial charge on any atom is 0.271 e. The summed E-state index contributed by atoms with van der Waals surface area (Å²) in [4.78, 5) is 24.0. The van der Waals surface area contributed by atoms with Gasteiger partial charge in [-0.2, -0.15) is 0 Å². The molecule has 1 amide bonds. The van der Waals surface area contributed by atoms with Gasteiger partial charge in [0.15, 0.2) is 0 Å². The highest BCUT2D eigenvalue weighted by molar-refractivity contribution is 6.05. The van der Waals surface area contributed by atoms with E-state index in [2.05, 4.69) is 41.0 Å². The van der Waals surface area contributed by atoms with Crippen molar-refractivity contribution in [3.63, 3.8) is 0 Å². The number of methoxy groups -OCH3 is 1. The topological polar surface area (TPSA) is 93.5 Å². The molecule has 0 saturated heterocycles. The SMILES string of the molecule is COc1ccc([N+](=O)[O-])cc1NC(=O)c1ccc2c(c1)[C@@H]1[C@H]3CC[C@@H](C3)[C@H]1[C@@H](c1ccccc1)N2. The molecule has 5 atom stereocenters. The molecule has 1 aliphatic heterocycles. The fraction of sp³-hybridized carbons (Fsp3) is 0.321. The van der Waals surface area contributed by atoms with Gasteiger partial charge in [0.05, 0.1) is 23.8 Å². The van der Waals surface area contributed by atoms with Gasteiger partial charge < -0.3 is 15.4 Å². The number of anilines is 2. The molecule has 7 nitrogen and oxygen atoms in total. The summed E-state index contributed by atoms with van der Waals surface area (Å²) in [5, 5.41) is 17.8. The van der Waals surface area contributed by atoms with Crippen LogP contribution in [-0.4, -0.2) is 17.9 Å². The molecule has 0 aromatic heterocycles. The average molecular weight is 470 g/mol. The number of rotatable bonds is 5. The Morgan fingerprint density at radius 1 is 1.06 bits per heavy atom. The number of hydrogen-bond donors (Lipinski definition) is 2. The van der Waals surface area contributed by atoms with Crippen LogP contribution in [0, 0.1) is 27.9 Å². The van der Waals surface area contributed by atoms with Gasteiger partial charge in [-0.1, -0.05) is 30.3 Å². The van der Waals surface area contributed by atoms with Crippen LogP contribution in [0.15, 0.2) is 66.7 Å². The lowest BCUT2D eigenvalue weighted by Crippen LogP contribution is -2.35. The zero-order valence-electron chi connectivity index (χ0n) is 19.4. The maximum absolute atomic E-state index is 13.2. The summed E-state index contributed by atoms with van der Waals surface area (Å²) in [6, 6.07) is 21.0. The number of nitrogens with zero attached hydrogens (tertiary/aromatic N) is 1. The van der Waals surface area contributed by atoms with Gasteiger partial charge in [-0.05, 0) is 78.3 Å². The Hall–Kier alpha value is -3.87. The predicted molar refractivity (Wildman–Crippen MR) is 134 cm³/mol. The van der Waals surface area contributed by atoms with E-state index in [-0.39, 0.29) is 23.3 Å². The van der Waals surface area contributed by atoms with Gasteiger partial charge in [-0.15, -0.1) is 0 Å². The number of ether oxygens (including phenoxy) is 1. The number of non-ortho nitro benzene ring substituents is 1. The molecule has 2 fully saturated rings. The third-order valence-electron chi connectivity index (χ3n) is 8.15. The van der Waals surface area contributed by atoms with Crippen molar-refractivity contribution in [1.82, 2.24) is 0 Å². The summed E-state index contributed by atoms with van der Waals surface area (Å²) in [5.74, 6) is 2.35. The van der Waals surface area contributed by atoms with Crippen molar-refractivity contribution in [2.24, 2.45) is 17.8 Å². The third kappa shape index (κ3) is 3.62. The zero-order valence-corrected chi connectivity index (χ0v) is 19.4. The molecule has 3 aromatic carbocycles. The van der Waals surface area contributed by atoms with Gasteiger partial charge >= 0.3 is 0 Å². The van der Waals surface area contributed by atoms with Crippen molar-refractivity contribution < 1.29 is 14.5 Å².